The fourth-order valence-electron chi connectivity index (χ4n) is 2.46. The van der Waals surface area contributed by atoms with Gasteiger partial charge in [0.25, 0.3) is 0 Å². The Morgan fingerprint density at radius 2 is 1.95 bits per heavy atom. The van der Waals surface area contributed by atoms with Gasteiger partial charge < -0.3 is 15.5 Å². The van der Waals surface area contributed by atoms with Crippen molar-refractivity contribution in [2.75, 3.05) is 39.8 Å². The molecule has 2 N–H and O–H groups in total. The van der Waals surface area contributed by atoms with Crippen LogP contribution in [0.5, 0.6) is 0 Å². The quantitative estimate of drug-likeness (QED) is 0.325. The molecule has 0 atom stereocenters. The molecule has 0 spiro atoms. The summed E-state index contributed by atoms with van der Waals surface area (Å²) in [5.41, 5.74) is 0. The van der Waals surface area contributed by atoms with Gasteiger partial charge in [-0.15, -0.1) is 0 Å². The number of guanidine groups is 1. The number of nitrogens with zero attached hydrogens (tertiary/aromatic N) is 2. The molecule has 0 aromatic carbocycles. The minimum absolute atomic E-state index is 0.918. The summed E-state index contributed by atoms with van der Waals surface area (Å²) < 4.78 is 0. The lowest BCUT2D eigenvalue weighted by Gasteiger charge is -2.30. The molecule has 0 amide bonds. The minimum Gasteiger partial charge on any atom is -0.356 e. The topological polar surface area (TPSA) is 39.7 Å². The van der Waals surface area contributed by atoms with Crippen molar-refractivity contribution in [2.45, 2.75) is 39.5 Å². The second-order valence-corrected chi connectivity index (χ2v) is 5.66. The van der Waals surface area contributed by atoms with Crippen molar-refractivity contribution in [3.8, 4) is 0 Å². The predicted molar refractivity (Wildman–Crippen MR) is 88.3 cm³/mol. The number of piperidine rings is 1. The third kappa shape index (κ3) is 7.53. The lowest BCUT2D eigenvalue weighted by atomic mass is 9.99. The van der Waals surface area contributed by atoms with E-state index in [0.717, 1.165) is 31.4 Å². The van der Waals surface area contributed by atoms with Gasteiger partial charge in [0.2, 0.25) is 0 Å². The molecule has 4 nitrogen and oxygen atoms in total. The third-order valence-electron chi connectivity index (χ3n) is 3.88. The van der Waals surface area contributed by atoms with Gasteiger partial charge in [0.15, 0.2) is 5.96 Å². The summed E-state index contributed by atoms with van der Waals surface area (Å²) in [5.74, 6) is 1.84. The molecule has 0 aromatic rings. The van der Waals surface area contributed by atoms with Gasteiger partial charge in [-0.1, -0.05) is 19.1 Å². The van der Waals surface area contributed by atoms with Gasteiger partial charge in [0.1, 0.15) is 0 Å². The fraction of sp³-hybridized carbons (Fsp3) is 0.812. The van der Waals surface area contributed by atoms with Crippen LogP contribution in [-0.2, 0) is 0 Å². The van der Waals surface area contributed by atoms with Crippen LogP contribution >= 0.6 is 0 Å². The number of allylic oxidation sites excluding steroid dienone is 1. The number of nitrogens with one attached hydrogen (secondary N) is 2. The Hall–Kier alpha value is -1.03. The smallest absolute Gasteiger partial charge is 0.190 e. The van der Waals surface area contributed by atoms with Crippen LogP contribution in [0, 0.1) is 5.92 Å². The van der Waals surface area contributed by atoms with Crippen LogP contribution in [0.25, 0.3) is 0 Å². The van der Waals surface area contributed by atoms with E-state index in [1.165, 1.54) is 38.9 Å². The van der Waals surface area contributed by atoms with E-state index in [1.807, 2.05) is 7.05 Å². The van der Waals surface area contributed by atoms with Crippen LogP contribution in [0.15, 0.2) is 17.1 Å². The van der Waals surface area contributed by atoms with Crippen LogP contribution in [-0.4, -0.2) is 50.6 Å². The van der Waals surface area contributed by atoms with Gasteiger partial charge in [-0.3, -0.25) is 4.99 Å². The number of hydrogen-bond acceptors (Lipinski definition) is 2. The van der Waals surface area contributed by atoms with Crippen LogP contribution in [0.2, 0.25) is 0 Å². The zero-order valence-corrected chi connectivity index (χ0v) is 13.5. The summed E-state index contributed by atoms with van der Waals surface area (Å²) in [6.07, 6.45) is 9.20. The monoisotopic (exact) mass is 280 g/mol. The zero-order valence-electron chi connectivity index (χ0n) is 13.5. The third-order valence-corrected chi connectivity index (χ3v) is 3.88. The highest BCUT2D eigenvalue weighted by atomic mass is 15.2. The van der Waals surface area contributed by atoms with Crippen molar-refractivity contribution in [1.29, 1.82) is 0 Å². The maximum absolute atomic E-state index is 4.24. The van der Waals surface area contributed by atoms with Crippen molar-refractivity contribution in [3.05, 3.63) is 12.2 Å². The Morgan fingerprint density at radius 1 is 1.25 bits per heavy atom. The van der Waals surface area contributed by atoms with Crippen LogP contribution in [0.4, 0.5) is 0 Å². The van der Waals surface area contributed by atoms with Crippen LogP contribution < -0.4 is 10.6 Å². The van der Waals surface area contributed by atoms with Crippen molar-refractivity contribution in [3.63, 3.8) is 0 Å². The summed E-state index contributed by atoms with van der Waals surface area (Å²) in [5, 5.41) is 6.71. The first-order chi connectivity index (χ1) is 9.76. The molecule has 1 saturated heterocycles. The lowest BCUT2D eigenvalue weighted by Crippen LogP contribution is -2.40. The number of likely N-dealkylation sites (tertiary alicyclic amines) is 1. The van der Waals surface area contributed by atoms with E-state index < -0.39 is 0 Å². The summed E-state index contributed by atoms with van der Waals surface area (Å²) in [6, 6.07) is 0. The zero-order chi connectivity index (χ0) is 14.6. The summed E-state index contributed by atoms with van der Waals surface area (Å²) in [6.45, 7) is 10.1. The van der Waals surface area contributed by atoms with Gasteiger partial charge >= 0.3 is 0 Å². The van der Waals surface area contributed by atoms with E-state index in [0.29, 0.717) is 0 Å². The Labute approximate surface area is 124 Å². The molecule has 0 bridgehead atoms. The first-order valence-electron chi connectivity index (χ1n) is 8.04. The van der Waals surface area contributed by atoms with Gasteiger partial charge in [0.05, 0.1) is 0 Å². The first kappa shape index (κ1) is 17.0. The van der Waals surface area contributed by atoms with Crippen molar-refractivity contribution in [2.24, 2.45) is 10.9 Å². The molecule has 1 rings (SSSR count). The Balaban J connectivity index is 2.03. The van der Waals surface area contributed by atoms with Gasteiger partial charge in [-0.25, -0.2) is 0 Å². The first-order valence-corrected chi connectivity index (χ1v) is 8.04. The molecular weight excluding hydrogens is 248 g/mol. The lowest BCUT2D eigenvalue weighted by molar-refractivity contribution is 0.191. The van der Waals surface area contributed by atoms with Crippen molar-refractivity contribution < 1.29 is 0 Å². The van der Waals surface area contributed by atoms with E-state index in [-0.39, 0.29) is 0 Å². The number of rotatable bonds is 7. The molecule has 0 saturated carbocycles. The van der Waals surface area contributed by atoms with Crippen LogP contribution in [0.3, 0.4) is 0 Å². The number of hydrogen-bond donors (Lipinski definition) is 2. The summed E-state index contributed by atoms with van der Waals surface area (Å²) in [7, 11) is 1.83. The molecule has 0 unspecified atom stereocenters. The average molecular weight is 280 g/mol. The van der Waals surface area contributed by atoms with E-state index in [2.05, 4.69) is 46.5 Å². The van der Waals surface area contributed by atoms with E-state index >= 15 is 0 Å². The average Bonchev–Trinajstić information content (AvgIpc) is 2.47. The molecule has 0 aliphatic carbocycles. The Kier molecular flexibility index (Phi) is 9.13. The van der Waals surface area contributed by atoms with E-state index in [1.54, 1.807) is 0 Å². The summed E-state index contributed by atoms with van der Waals surface area (Å²) >= 11 is 0. The Bertz CT molecular complexity index is 291. The van der Waals surface area contributed by atoms with Gasteiger partial charge in [-0.05, 0) is 58.2 Å². The highest BCUT2D eigenvalue weighted by Gasteiger charge is 2.14. The highest BCUT2D eigenvalue weighted by molar-refractivity contribution is 5.79. The Morgan fingerprint density at radius 3 is 2.60 bits per heavy atom. The molecule has 1 aliphatic rings. The van der Waals surface area contributed by atoms with Crippen molar-refractivity contribution in [1.82, 2.24) is 15.5 Å². The van der Waals surface area contributed by atoms with Gasteiger partial charge in [0, 0.05) is 20.1 Å². The second-order valence-electron chi connectivity index (χ2n) is 5.66. The molecule has 20 heavy (non-hydrogen) atoms. The standard InChI is InChI=1S/C16H32N4/c1-4-5-6-10-18-16(17-3)19-11-7-12-20-13-8-15(2)9-14-20/h4-5,15H,6-14H2,1-3H3,(H2,17,18,19). The normalized spacial score (nSPS) is 18.6. The molecule has 1 heterocycles. The van der Waals surface area contributed by atoms with Crippen molar-refractivity contribution >= 4 is 5.96 Å². The molecule has 4 heteroatoms. The van der Waals surface area contributed by atoms with Crippen LogP contribution in [0.1, 0.15) is 39.5 Å². The predicted octanol–water partition coefficient (Wildman–Crippen LogP) is 2.24. The van der Waals surface area contributed by atoms with E-state index in [4.69, 9.17) is 0 Å². The molecule has 0 aromatic heterocycles. The molecule has 1 aliphatic heterocycles. The molecule has 1 fully saturated rings. The SMILES string of the molecule is CC=CCCNC(=NC)NCCCN1CCC(C)CC1. The molecule has 116 valence electrons. The molecule has 0 radical (unpaired) electrons. The second kappa shape index (κ2) is 10.7. The highest BCUT2D eigenvalue weighted by Crippen LogP contribution is 2.15. The number of aliphatic imine (C=N–C) groups is 1. The fourth-order valence-corrected chi connectivity index (χ4v) is 2.46. The summed E-state index contributed by atoms with van der Waals surface area (Å²) in [4.78, 5) is 6.82. The maximum Gasteiger partial charge on any atom is 0.190 e. The van der Waals surface area contributed by atoms with E-state index in [9.17, 15) is 0 Å². The minimum atomic E-state index is 0.918. The maximum atomic E-state index is 4.24. The molecular formula is C16H32N4. The largest absolute Gasteiger partial charge is 0.356 e. The van der Waals surface area contributed by atoms with Gasteiger partial charge in [-0.2, -0.15) is 0 Å².